The van der Waals surface area contributed by atoms with Gasteiger partial charge in [-0.1, -0.05) is 15.9 Å². The number of carboxylic acid groups (broad SMARTS) is 1. The molecule has 19 heavy (non-hydrogen) atoms. The molecule has 0 bridgehead atoms. The molecular formula is C12H11BrNO5-. The van der Waals surface area contributed by atoms with Crippen molar-refractivity contribution in [2.45, 2.75) is 12.8 Å². The number of esters is 1. The second-order valence-corrected chi connectivity index (χ2v) is 4.52. The molecule has 1 amide bonds. The zero-order valence-electron chi connectivity index (χ0n) is 10.1. The highest BCUT2D eigenvalue weighted by Crippen LogP contribution is 2.20. The molecule has 1 rings (SSSR count). The van der Waals surface area contributed by atoms with Gasteiger partial charge in [0, 0.05) is 22.1 Å². The molecule has 6 nitrogen and oxygen atoms in total. The topological polar surface area (TPSA) is 95.5 Å². The van der Waals surface area contributed by atoms with E-state index in [2.05, 4.69) is 26.0 Å². The summed E-state index contributed by atoms with van der Waals surface area (Å²) in [4.78, 5) is 33.3. The molecule has 0 saturated heterocycles. The summed E-state index contributed by atoms with van der Waals surface area (Å²) in [6.45, 7) is 0. The fourth-order valence-corrected chi connectivity index (χ4v) is 1.69. The van der Waals surface area contributed by atoms with Crippen LogP contribution >= 0.6 is 15.9 Å². The molecule has 0 radical (unpaired) electrons. The number of nitrogens with one attached hydrogen (secondary N) is 1. The van der Waals surface area contributed by atoms with Crippen LogP contribution in [0.3, 0.4) is 0 Å². The minimum absolute atomic E-state index is 0.0699. The van der Waals surface area contributed by atoms with E-state index < -0.39 is 17.8 Å². The number of benzene rings is 1. The first-order valence-corrected chi connectivity index (χ1v) is 6.11. The Labute approximate surface area is 117 Å². The average molecular weight is 329 g/mol. The summed E-state index contributed by atoms with van der Waals surface area (Å²) in [5.41, 5.74) is -0.0149. The Morgan fingerprint density at radius 1 is 1.32 bits per heavy atom. The average Bonchev–Trinajstić information content (AvgIpc) is 2.37. The highest BCUT2D eigenvalue weighted by atomic mass is 79.9. The van der Waals surface area contributed by atoms with Crippen molar-refractivity contribution in [2.75, 3.05) is 12.4 Å². The Morgan fingerprint density at radius 2 is 2.00 bits per heavy atom. The van der Waals surface area contributed by atoms with Crippen molar-refractivity contribution >= 4 is 39.5 Å². The van der Waals surface area contributed by atoms with E-state index in [9.17, 15) is 19.5 Å². The minimum atomic E-state index is -1.40. The van der Waals surface area contributed by atoms with Crippen LogP contribution in [0, 0.1) is 0 Å². The number of amides is 1. The number of methoxy groups -OCH3 is 1. The van der Waals surface area contributed by atoms with Crippen molar-refractivity contribution in [2.24, 2.45) is 0 Å². The van der Waals surface area contributed by atoms with Crippen LogP contribution < -0.4 is 10.4 Å². The zero-order valence-corrected chi connectivity index (χ0v) is 11.7. The highest BCUT2D eigenvalue weighted by molar-refractivity contribution is 9.10. The predicted octanol–water partition coefficient (Wildman–Crippen LogP) is 0.704. The molecule has 0 spiro atoms. The fourth-order valence-electron chi connectivity index (χ4n) is 1.32. The number of ether oxygens (including phenoxy) is 1. The Kier molecular flexibility index (Phi) is 5.50. The third-order valence-corrected chi connectivity index (χ3v) is 2.75. The fraction of sp³-hybridized carbons (Fsp3) is 0.250. The first-order chi connectivity index (χ1) is 8.93. The van der Waals surface area contributed by atoms with Gasteiger partial charge >= 0.3 is 5.97 Å². The molecule has 1 N–H and O–H groups in total. The first-order valence-electron chi connectivity index (χ1n) is 5.31. The smallest absolute Gasteiger partial charge is 0.306 e. The van der Waals surface area contributed by atoms with Crippen LogP contribution in [0.1, 0.15) is 23.2 Å². The molecule has 7 heteroatoms. The van der Waals surface area contributed by atoms with E-state index in [0.29, 0.717) is 4.47 Å². The van der Waals surface area contributed by atoms with E-state index in [1.807, 2.05) is 0 Å². The quantitative estimate of drug-likeness (QED) is 0.803. The van der Waals surface area contributed by atoms with Gasteiger partial charge in [-0.3, -0.25) is 9.59 Å². The van der Waals surface area contributed by atoms with Crippen LogP contribution in [-0.4, -0.2) is 25.0 Å². The number of carbonyl (C=O) groups excluding carboxylic acids is 3. The summed E-state index contributed by atoms with van der Waals surface area (Å²) in [5, 5.41) is 13.3. The standard InChI is InChI=1S/C12H12BrNO5/c1-19-11(16)5-4-10(15)14-9-3-2-7(13)6-8(9)12(17)18/h2-3,6H,4-5H2,1H3,(H,14,15)(H,17,18)/p-1. The normalized spacial score (nSPS) is 9.79. The van der Waals surface area contributed by atoms with Gasteiger partial charge < -0.3 is 20.0 Å². The number of halogens is 1. The van der Waals surface area contributed by atoms with Crippen LogP contribution in [0.2, 0.25) is 0 Å². The summed E-state index contributed by atoms with van der Waals surface area (Å²) in [7, 11) is 1.23. The maximum Gasteiger partial charge on any atom is 0.306 e. The lowest BCUT2D eigenvalue weighted by Gasteiger charge is -2.12. The zero-order chi connectivity index (χ0) is 14.4. The first kappa shape index (κ1) is 15.2. The minimum Gasteiger partial charge on any atom is -0.545 e. The van der Waals surface area contributed by atoms with Crippen LogP contribution in [0.4, 0.5) is 5.69 Å². The highest BCUT2D eigenvalue weighted by Gasteiger charge is 2.10. The van der Waals surface area contributed by atoms with Gasteiger partial charge in [0.1, 0.15) is 0 Å². The SMILES string of the molecule is COC(=O)CCC(=O)Nc1ccc(Br)cc1C(=O)[O-]. The molecule has 1 aromatic rings. The maximum atomic E-state index is 11.5. The number of hydrogen-bond acceptors (Lipinski definition) is 5. The lowest BCUT2D eigenvalue weighted by molar-refractivity contribution is -0.254. The molecule has 0 aliphatic rings. The van der Waals surface area contributed by atoms with Gasteiger partial charge in [0.05, 0.1) is 19.5 Å². The van der Waals surface area contributed by atoms with Gasteiger partial charge in [0.25, 0.3) is 0 Å². The number of rotatable bonds is 5. The third-order valence-electron chi connectivity index (χ3n) is 2.26. The van der Waals surface area contributed by atoms with E-state index in [0.717, 1.165) is 0 Å². The molecule has 1 aromatic carbocycles. The lowest BCUT2D eigenvalue weighted by Crippen LogP contribution is -2.25. The Bertz CT molecular complexity index is 515. The van der Waals surface area contributed by atoms with E-state index in [-0.39, 0.29) is 24.1 Å². The van der Waals surface area contributed by atoms with Crippen molar-refractivity contribution in [3.8, 4) is 0 Å². The van der Waals surface area contributed by atoms with E-state index in [1.54, 1.807) is 6.07 Å². The molecular weight excluding hydrogens is 318 g/mol. The number of anilines is 1. The number of aromatic carboxylic acids is 1. The lowest BCUT2D eigenvalue weighted by atomic mass is 10.1. The van der Waals surface area contributed by atoms with Crippen LogP contribution in [0.5, 0.6) is 0 Å². The monoisotopic (exact) mass is 328 g/mol. The number of carboxylic acids is 1. The Hall–Kier alpha value is -1.89. The molecule has 0 heterocycles. The van der Waals surface area contributed by atoms with Crippen molar-refractivity contribution < 1.29 is 24.2 Å². The second-order valence-electron chi connectivity index (χ2n) is 3.60. The van der Waals surface area contributed by atoms with E-state index in [1.165, 1.54) is 19.2 Å². The summed E-state index contributed by atoms with van der Waals surface area (Å²) >= 11 is 3.12. The number of carbonyl (C=O) groups is 3. The van der Waals surface area contributed by atoms with Gasteiger partial charge in [0.15, 0.2) is 0 Å². The van der Waals surface area contributed by atoms with E-state index in [4.69, 9.17) is 0 Å². The van der Waals surface area contributed by atoms with Crippen molar-refractivity contribution in [1.82, 2.24) is 0 Å². The summed E-state index contributed by atoms with van der Waals surface area (Å²) in [6.07, 6.45) is -0.158. The van der Waals surface area contributed by atoms with Crippen molar-refractivity contribution in [3.63, 3.8) is 0 Å². The predicted molar refractivity (Wildman–Crippen MR) is 68.4 cm³/mol. The molecule has 0 aliphatic carbocycles. The summed E-state index contributed by atoms with van der Waals surface area (Å²) < 4.78 is 4.95. The van der Waals surface area contributed by atoms with Gasteiger partial charge in [-0.15, -0.1) is 0 Å². The second kappa shape index (κ2) is 6.89. The van der Waals surface area contributed by atoms with Gasteiger partial charge in [-0.05, 0) is 18.2 Å². The maximum absolute atomic E-state index is 11.5. The van der Waals surface area contributed by atoms with Crippen LogP contribution in [0.15, 0.2) is 22.7 Å². The molecule has 0 aromatic heterocycles. The van der Waals surface area contributed by atoms with Crippen LogP contribution in [-0.2, 0) is 14.3 Å². The largest absolute Gasteiger partial charge is 0.545 e. The summed E-state index contributed by atoms with van der Waals surface area (Å²) in [6, 6.07) is 4.35. The molecule has 0 unspecified atom stereocenters. The molecule has 0 atom stereocenters. The van der Waals surface area contributed by atoms with Crippen molar-refractivity contribution in [1.29, 1.82) is 0 Å². The third kappa shape index (κ3) is 4.70. The van der Waals surface area contributed by atoms with Crippen molar-refractivity contribution in [3.05, 3.63) is 28.2 Å². The number of hydrogen-bond donors (Lipinski definition) is 1. The molecule has 0 fully saturated rings. The van der Waals surface area contributed by atoms with Gasteiger partial charge in [-0.2, -0.15) is 0 Å². The van der Waals surface area contributed by atoms with Crippen LogP contribution in [0.25, 0.3) is 0 Å². The van der Waals surface area contributed by atoms with E-state index >= 15 is 0 Å². The van der Waals surface area contributed by atoms with Gasteiger partial charge in [-0.25, -0.2) is 0 Å². The Morgan fingerprint density at radius 3 is 2.58 bits per heavy atom. The molecule has 0 saturated carbocycles. The summed E-state index contributed by atoms with van der Waals surface area (Å²) in [5.74, 6) is -2.38. The molecule has 0 aliphatic heterocycles. The van der Waals surface area contributed by atoms with Gasteiger partial charge in [0.2, 0.25) is 5.91 Å². The molecule has 102 valence electrons. The Balaban J connectivity index is 2.74.